The van der Waals surface area contributed by atoms with Gasteiger partial charge in [-0.25, -0.2) is 0 Å². The normalized spacial score (nSPS) is 11.2. The van der Waals surface area contributed by atoms with E-state index in [1.54, 1.807) is 13.8 Å². The van der Waals surface area contributed by atoms with Crippen LogP contribution in [0.5, 0.6) is 5.75 Å². The second-order valence-corrected chi connectivity index (χ2v) is 5.84. The lowest BCUT2D eigenvalue weighted by atomic mass is 9.88. The summed E-state index contributed by atoms with van der Waals surface area (Å²) in [6, 6.07) is 7.81. The van der Waals surface area contributed by atoms with E-state index in [1.165, 1.54) is 3.57 Å². The van der Waals surface area contributed by atoms with Crippen LogP contribution in [-0.4, -0.2) is 17.7 Å². The number of aliphatic carboxylic acids is 1. The molecule has 0 saturated heterocycles. The Hall–Kier alpha value is -0.780. The number of benzene rings is 1. The van der Waals surface area contributed by atoms with Crippen molar-refractivity contribution in [2.75, 3.05) is 6.61 Å². The molecule has 3 nitrogen and oxygen atoms in total. The Morgan fingerprint density at radius 3 is 2.47 bits per heavy atom. The summed E-state index contributed by atoms with van der Waals surface area (Å²) in [7, 11) is 0. The van der Waals surface area contributed by atoms with Gasteiger partial charge in [0.1, 0.15) is 5.75 Å². The molecular weight excluding hydrogens is 331 g/mol. The number of carbonyl (C=O) groups is 1. The monoisotopic (exact) mass is 348 g/mol. The van der Waals surface area contributed by atoms with E-state index < -0.39 is 11.4 Å². The largest absolute Gasteiger partial charge is 0.494 e. The van der Waals surface area contributed by atoms with Crippen molar-refractivity contribution in [3.05, 3.63) is 27.8 Å². The Labute approximate surface area is 115 Å². The van der Waals surface area contributed by atoms with Crippen LogP contribution in [0.4, 0.5) is 0 Å². The van der Waals surface area contributed by atoms with Crippen molar-refractivity contribution in [2.24, 2.45) is 5.41 Å². The van der Waals surface area contributed by atoms with Gasteiger partial charge in [0.15, 0.2) is 0 Å². The lowest BCUT2D eigenvalue weighted by Crippen LogP contribution is -2.24. The quantitative estimate of drug-likeness (QED) is 0.632. The van der Waals surface area contributed by atoms with E-state index in [4.69, 9.17) is 9.84 Å². The van der Waals surface area contributed by atoms with Crippen LogP contribution in [0.25, 0.3) is 0 Å². The summed E-state index contributed by atoms with van der Waals surface area (Å²) in [5.74, 6) is 0.0744. The molecule has 0 unspecified atom stereocenters. The van der Waals surface area contributed by atoms with Crippen molar-refractivity contribution < 1.29 is 14.6 Å². The maximum absolute atomic E-state index is 10.9. The Balaban J connectivity index is 2.29. The molecule has 0 saturated carbocycles. The first-order valence-electron chi connectivity index (χ1n) is 5.53. The van der Waals surface area contributed by atoms with Gasteiger partial charge in [-0.15, -0.1) is 0 Å². The van der Waals surface area contributed by atoms with Gasteiger partial charge in [-0.05, 0) is 73.5 Å². The summed E-state index contributed by atoms with van der Waals surface area (Å²) in [4.78, 5) is 10.9. The van der Waals surface area contributed by atoms with Gasteiger partial charge < -0.3 is 9.84 Å². The second-order valence-electron chi connectivity index (χ2n) is 4.59. The summed E-state index contributed by atoms with van der Waals surface area (Å²) in [5, 5.41) is 8.95. The highest BCUT2D eigenvalue weighted by Crippen LogP contribution is 2.22. The van der Waals surface area contributed by atoms with Crippen molar-refractivity contribution >= 4 is 28.6 Å². The van der Waals surface area contributed by atoms with Crippen LogP contribution in [0.3, 0.4) is 0 Å². The first-order valence-corrected chi connectivity index (χ1v) is 6.61. The molecule has 0 amide bonds. The number of halogens is 1. The van der Waals surface area contributed by atoms with E-state index in [1.807, 2.05) is 24.3 Å². The van der Waals surface area contributed by atoms with Crippen molar-refractivity contribution in [2.45, 2.75) is 26.7 Å². The minimum atomic E-state index is -0.758. The van der Waals surface area contributed by atoms with Crippen LogP contribution in [0.2, 0.25) is 0 Å². The topological polar surface area (TPSA) is 46.5 Å². The van der Waals surface area contributed by atoms with Gasteiger partial charge >= 0.3 is 5.97 Å². The molecule has 0 radical (unpaired) electrons. The third kappa shape index (κ3) is 4.93. The van der Waals surface area contributed by atoms with Crippen molar-refractivity contribution in [1.82, 2.24) is 0 Å². The lowest BCUT2D eigenvalue weighted by molar-refractivity contribution is -0.147. The molecule has 0 aliphatic heterocycles. The molecule has 0 atom stereocenters. The van der Waals surface area contributed by atoms with Crippen LogP contribution in [0.1, 0.15) is 26.7 Å². The van der Waals surface area contributed by atoms with E-state index in [0.717, 1.165) is 12.2 Å². The minimum Gasteiger partial charge on any atom is -0.494 e. The average Bonchev–Trinajstić information content (AvgIpc) is 2.26. The average molecular weight is 348 g/mol. The van der Waals surface area contributed by atoms with E-state index in [9.17, 15) is 4.79 Å². The van der Waals surface area contributed by atoms with Crippen molar-refractivity contribution in [1.29, 1.82) is 0 Å². The Morgan fingerprint density at radius 2 is 1.94 bits per heavy atom. The molecule has 4 heteroatoms. The zero-order chi connectivity index (χ0) is 12.9. The van der Waals surface area contributed by atoms with Crippen LogP contribution < -0.4 is 4.74 Å². The first kappa shape index (κ1) is 14.3. The van der Waals surface area contributed by atoms with Gasteiger partial charge in [0.2, 0.25) is 0 Å². The maximum atomic E-state index is 10.9. The summed E-state index contributed by atoms with van der Waals surface area (Å²) < 4.78 is 6.71. The third-order valence-electron chi connectivity index (χ3n) is 2.61. The van der Waals surface area contributed by atoms with Gasteiger partial charge in [0.25, 0.3) is 0 Å². The fraction of sp³-hybridized carbons (Fsp3) is 0.462. The number of carboxylic acid groups (broad SMARTS) is 1. The second kappa shape index (κ2) is 6.23. The van der Waals surface area contributed by atoms with Crippen molar-refractivity contribution in [3.8, 4) is 5.75 Å². The molecular formula is C13H17IO3. The van der Waals surface area contributed by atoms with Crippen molar-refractivity contribution in [3.63, 3.8) is 0 Å². The predicted molar refractivity (Wildman–Crippen MR) is 75.3 cm³/mol. The number of ether oxygens (including phenoxy) is 1. The smallest absolute Gasteiger partial charge is 0.309 e. The number of hydrogen-bond donors (Lipinski definition) is 1. The van der Waals surface area contributed by atoms with E-state index >= 15 is 0 Å². The van der Waals surface area contributed by atoms with Crippen LogP contribution in [0.15, 0.2) is 24.3 Å². The molecule has 0 fully saturated rings. The molecule has 1 aromatic carbocycles. The van der Waals surface area contributed by atoms with Gasteiger partial charge in [-0.1, -0.05) is 0 Å². The fourth-order valence-corrected chi connectivity index (χ4v) is 1.70. The Morgan fingerprint density at radius 1 is 1.35 bits per heavy atom. The van der Waals surface area contributed by atoms with Gasteiger partial charge in [0, 0.05) is 3.57 Å². The fourth-order valence-electron chi connectivity index (χ4n) is 1.34. The zero-order valence-corrected chi connectivity index (χ0v) is 12.2. The van der Waals surface area contributed by atoms with E-state index in [-0.39, 0.29) is 0 Å². The predicted octanol–water partition coefficient (Wildman–Crippen LogP) is 3.56. The maximum Gasteiger partial charge on any atom is 0.309 e. The van der Waals surface area contributed by atoms with Gasteiger partial charge in [-0.2, -0.15) is 0 Å². The van der Waals surface area contributed by atoms with Crippen LogP contribution in [0, 0.1) is 8.99 Å². The molecule has 0 heterocycles. The SMILES string of the molecule is CC(C)(CCCOc1ccc(I)cc1)C(=O)O. The summed E-state index contributed by atoms with van der Waals surface area (Å²) in [5.41, 5.74) is -0.671. The van der Waals surface area contributed by atoms with Gasteiger partial charge in [0.05, 0.1) is 12.0 Å². The van der Waals surface area contributed by atoms with Crippen LogP contribution in [-0.2, 0) is 4.79 Å². The Bertz CT molecular complexity index is 371. The van der Waals surface area contributed by atoms with E-state index in [0.29, 0.717) is 13.0 Å². The Kier molecular flexibility index (Phi) is 5.24. The molecule has 17 heavy (non-hydrogen) atoms. The molecule has 1 rings (SSSR count). The standard InChI is InChI=1S/C13H17IO3/c1-13(2,12(15)16)8-3-9-17-11-6-4-10(14)5-7-11/h4-7H,3,8-9H2,1-2H3,(H,15,16). The molecule has 1 N–H and O–H groups in total. The molecule has 0 bridgehead atoms. The summed E-state index contributed by atoms with van der Waals surface area (Å²) in [6.07, 6.45) is 1.36. The summed E-state index contributed by atoms with van der Waals surface area (Å²) >= 11 is 2.24. The highest BCUT2D eigenvalue weighted by molar-refractivity contribution is 14.1. The minimum absolute atomic E-state index is 0.553. The number of hydrogen-bond acceptors (Lipinski definition) is 2. The molecule has 0 aromatic heterocycles. The highest BCUT2D eigenvalue weighted by Gasteiger charge is 2.26. The zero-order valence-electron chi connectivity index (χ0n) is 10.1. The van der Waals surface area contributed by atoms with Crippen LogP contribution >= 0.6 is 22.6 Å². The van der Waals surface area contributed by atoms with E-state index in [2.05, 4.69) is 22.6 Å². The molecule has 0 aliphatic rings. The third-order valence-corrected chi connectivity index (χ3v) is 3.33. The molecule has 94 valence electrons. The lowest BCUT2D eigenvalue weighted by Gasteiger charge is -2.18. The highest BCUT2D eigenvalue weighted by atomic mass is 127. The summed E-state index contributed by atoms with van der Waals surface area (Å²) in [6.45, 7) is 4.03. The van der Waals surface area contributed by atoms with Gasteiger partial charge in [-0.3, -0.25) is 4.79 Å². The molecule has 1 aromatic rings. The number of rotatable bonds is 6. The molecule has 0 aliphatic carbocycles. The molecule has 0 spiro atoms. The number of carboxylic acids is 1. The first-order chi connectivity index (χ1) is 7.92.